The van der Waals surface area contributed by atoms with Crippen LogP contribution in [0.15, 0.2) is 46.9 Å². The summed E-state index contributed by atoms with van der Waals surface area (Å²) >= 11 is 3.48. The molecule has 0 unspecified atom stereocenters. The van der Waals surface area contributed by atoms with Crippen LogP contribution in [0, 0.1) is 13.8 Å². The summed E-state index contributed by atoms with van der Waals surface area (Å²) in [6.07, 6.45) is 4.87. The smallest absolute Gasteiger partial charge is 0.261 e. The molecule has 1 aliphatic rings. The van der Waals surface area contributed by atoms with E-state index in [2.05, 4.69) is 21.2 Å². The van der Waals surface area contributed by atoms with E-state index >= 15 is 0 Å². The van der Waals surface area contributed by atoms with Crippen molar-refractivity contribution < 1.29 is 14.3 Å². The van der Waals surface area contributed by atoms with Crippen molar-refractivity contribution in [2.75, 3.05) is 6.61 Å². The zero-order valence-corrected chi connectivity index (χ0v) is 20.8. The summed E-state index contributed by atoms with van der Waals surface area (Å²) in [5, 5.41) is 3.17. The van der Waals surface area contributed by atoms with E-state index < -0.39 is 6.04 Å². The van der Waals surface area contributed by atoms with Gasteiger partial charge in [0, 0.05) is 17.1 Å². The Morgan fingerprint density at radius 1 is 1.12 bits per heavy atom. The van der Waals surface area contributed by atoms with Gasteiger partial charge in [0.05, 0.1) is 0 Å². The molecule has 172 valence electrons. The number of carbonyl (C=O) groups is 2. The molecule has 2 aromatic carbocycles. The Kier molecular flexibility index (Phi) is 8.74. The summed E-state index contributed by atoms with van der Waals surface area (Å²) in [7, 11) is 0. The fourth-order valence-electron chi connectivity index (χ4n) is 4.11. The highest BCUT2D eigenvalue weighted by Crippen LogP contribution is 2.22. The first-order chi connectivity index (χ1) is 15.4. The second-order valence-electron chi connectivity index (χ2n) is 8.62. The van der Waals surface area contributed by atoms with E-state index in [1.165, 1.54) is 0 Å². The third-order valence-electron chi connectivity index (χ3n) is 6.05. The lowest BCUT2D eigenvalue weighted by Gasteiger charge is -2.31. The van der Waals surface area contributed by atoms with Crippen LogP contribution >= 0.6 is 15.9 Å². The van der Waals surface area contributed by atoms with E-state index in [9.17, 15) is 9.59 Å². The lowest BCUT2D eigenvalue weighted by Crippen LogP contribution is -2.52. The highest BCUT2D eigenvalue weighted by Gasteiger charge is 2.30. The molecule has 1 N–H and O–H groups in total. The lowest BCUT2D eigenvalue weighted by molar-refractivity contribution is -0.143. The van der Waals surface area contributed by atoms with Crippen molar-refractivity contribution in [2.45, 2.75) is 71.5 Å². The van der Waals surface area contributed by atoms with Gasteiger partial charge >= 0.3 is 0 Å². The highest BCUT2D eigenvalue weighted by molar-refractivity contribution is 9.10. The van der Waals surface area contributed by atoms with Gasteiger partial charge in [0.15, 0.2) is 6.61 Å². The second-order valence-corrected chi connectivity index (χ2v) is 9.48. The Morgan fingerprint density at radius 3 is 2.44 bits per heavy atom. The molecule has 32 heavy (non-hydrogen) atoms. The average molecular weight is 501 g/mol. The summed E-state index contributed by atoms with van der Waals surface area (Å²) in [4.78, 5) is 28.1. The Morgan fingerprint density at radius 2 is 1.81 bits per heavy atom. The van der Waals surface area contributed by atoms with Crippen LogP contribution in [0.5, 0.6) is 5.75 Å². The fraction of sp³-hybridized carbons (Fsp3) is 0.462. The van der Waals surface area contributed by atoms with Crippen molar-refractivity contribution in [3.63, 3.8) is 0 Å². The molecule has 1 atom stereocenters. The van der Waals surface area contributed by atoms with Crippen LogP contribution in [0.3, 0.4) is 0 Å². The minimum Gasteiger partial charge on any atom is -0.484 e. The van der Waals surface area contributed by atoms with E-state index in [0.29, 0.717) is 18.7 Å². The number of halogens is 1. The summed E-state index contributed by atoms with van der Waals surface area (Å²) in [6, 6.07) is 13.4. The average Bonchev–Trinajstić information content (AvgIpc) is 3.28. The number of nitrogens with one attached hydrogen (secondary N) is 1. The Bertz CT molecular complexity index is 923. The van der Waals surface area contributed by atoms with Crippen molar-refractivity contribution in [2.24, 2.45) is 0 Å². The zero-order valence-electron chi connectivity index (χ0n) is 19.2. The van der Waals surface area contributed by atoms with Gasteiger partial charge in [-0.25, -0.2) is 0 Å². The summed E-state index contributed by atoms with van der Waals surface area (Å²) in [5.41, 5.74) is 3.19. The van der Waals surface area contributed by atoms with Crippen LogP contribution in [0.4, 0.5) is 0 Å². The number of carbonyl (C=O) groups excluding carboxylic acids is 2. The van der Waals surface area contributed by atoms with E-state index in [0.717, 1.165) is 46.8 Å². The molecule has 0 aromatic heterocycles. The number of rotatable bonds is 9. The topological polar surface area (TPSA) is 58.6 Å². The van der Waals surface area contributed by atoms with Gasteiger partial charge in [-0.15, -0.1) is 0 Å². The van der Waals surface area contributed by atoms with Crippen LogP contribution in [0.1, 0.15) is 55.7 Å². The number of nitrogens with zero attached hydrogens (tertiary/aromatic N) is 1. The Balaban J connectivity index is 1.75. The summed E-state index contributed by atoms with van der Waals surface area (Å²) in [5.74, 6) is 0.372. The Labute approximate surface area is 199 Å². The molecule has 0 aliphatic heterocycles. The van der Waals surface area contributed by atoms with Gasteiger partial charge in [0.1, 0.15) is 11.8 Å². The Hall–Kier alpha value is -2.34. The predicted octanol–water partition coefficient (Wildman–Crippen LogP) is 5.31. The molecule has 2 amide bonds. The molecule has 1 fully saturated rings. The first-order valence-corrected chi connectivity index (χ1v) is 12.2. The van der Waals surface area contributed by atoms with Crippen molar-refractivity contribution in [3.05, 3.63) is 63.6 Å². The van der Waals surface area contributed by atoms with E-state index in [1.807, 2.05) is 63.2 Å². The molecule has 1 saturated carbocycles. The first-order valence-electron chi connectivity index (χ1n) is 11.4. The van der Waals surface area contributed by atoms with Gasteiger partial charge < -0.3 is 15.0 Å². The molecule has 0 spiro atoms. The third-order valence-corrected chi connectivity index (χ3v) is 6.94. The minimum atomic E-state index is -0.528. The molecule has 3 rings (SSSR count). The van der Waals surface area contributed by atoms with Gasteiger partial charge in [-0.2, -0.15) is 0 Å². The van der Waals surface area contributed by atoms with Crippen LogP contribution in [0.2, 0.25) is 0 Å². The quantitative estimate of drug-likeness (QED) is 0.507. The number of ether oxygens (including phenoxy) is 1. The van der Waals surface area contributed by atoms with Crippen molar-refractivity contribution in [3.8, 4) is 5.75 Å². The molecule has 0 heterocycles. The maximum Gasteiger partial charge on any atom is 0.261 e. The van der Waals surface area contributed by atoms with E-state index in [4.69, 9.17) is 4.74 Å². The van der Waals surface area contributed by atoms with Crippen molar-refractivity contribution >= 4 is 27.7 Å². The largest absolute Gasteiger partial charge is 0.484 e. The molecule has 0 saturated heterocycles. The fourth-order valence-corrected chi connectivity index (χ4v) is 4.36. The SMILES string of the molecule is CC[C@@H](C(=O)NC1CCCC1)N(Cc1ccc(C)cc1)C(=O)COc1ccc(Br)c(C)c1. The maximum atomic E-state index is 13.3. The van der Waals surface area contributed by atoms with Gasteiger partial charge in [0.25, 0.3) is 5.91 Å². The molecule has 1 aliphatic carbocycles. The summed E-state index contributed by atoms with van der Waals surface area (Å²) < 4.78 is 6.80. The standard InChI is InChI=1S/C26H33BrN2O3/c1-4-24(26(31)28-21-7-5-6-8-21)29(16-20-11-9-18(2)10-12-20)25(30)17-32-22-13-14-23(27)19(3)15-22/h9-15,21,24H,4-8,16-17H2,1-3H3,(H,28,31)/t24-/m0/s1. The number of hydrogen-bond acceptors (Lipinski definition) is 3. The predicted molar refractivity (Wildman–Crippen MR) is 131 cm³/mol. The number of hydrogen-bond donors (Lipinski definition) is 1. The number of amides is 2. The summed E-state index contributed by atoms with van der Waals surface area (Å²) in [6.45, 7) is 6.22. The lowest BCUT2D eigenvalue weighted by atomic mass is 10.1. The van der Waals surface area contributed by atoms with Crippen LogP contribution < -0.4 is 10.1 Å². The van der Waals surface area contributed by atoms with Gasteiger partial charge in [-0.05, 0) is 62.4 Å². The van der Waals surface area contributed by atoms with E-state index in [-0.39, 0.29) is 24.5 Å². The molecular formula is C26H33BrN2O3. The molecule has 0 bridgehead atoms. The molecular weight excluding hydrogens is 468 g/mol. The van der Waals surface area contributed by atoms with Gasteiger partial charge in [0.2, 0.25) is 5.91 Å². The highest BCUT2D eigenvalue weighted by atomic mass is 79.9. The third kappa shape index (κ3) is 6.58. The number of benzene rings is 2. The molecule has 2 aromatic rings. The van der Waals surface area contributed by atoms with Crippen LogP contribution in [-0.2, 0) is 16.1 Å². The van der Waals surface area contributed by atoms with Crippen molar-refractivity contribution in [1.29, 1.82) is 0 Å². The molecule has 0 radical (unpaired) electrons. The zero-order chi connectivity index (χ0) is 23.1. The van der Waals surface area contributed by atoms with Gasteiger partial charge in [-0.3, -0.25) is 9.59 Å². The number of aryl methyl sites for hydroxylation is 2. The molecule has 6 heteroatoms. The van der Waals surface area contributed by atoms with Crippen LogP contribution in [0.25, 0.3) is 0 Å². The molecule has 5 nitrogen and oxygen atoms in total. The second kappa shape index (κ2) is 11.5. The van der Waals surface area contributed by atoms with Gasteiger partial charge in [-0.1, -0.05) is 65.5 Å². The monoisotopic (exact) mass is 500 g/mol. The van der Waals surface area contributed by atoms with Crippen LogP contribution in [-0.4, -0.2) is 35.4 Å². The van der Waals surface area contributed by atoms with E-state index in [1.54, 1.807) is 4.90 Å². The van der Waals surface area contributed by atoms with Crippen molar-refractivity contribution in [1.82, 2.24) is 10.2 Å². The maximum absolute atomic E-state index is 13.3. The normalized spacial score (nSPS) is 14.8. The first kappa shape index (κ1) is 24.3. The minimum absolute atomic E-state index is 0.0700.